The Labute approximate surface area is 197 Å². The molecule has 4 amide bonds. The Bertz CT molecular complexity index is 1210. The number of benzene rings is 3. The van der Waals surface area contributed by atoms with Crippen LogP contribution in [0.2, 0.25) is 0 Å². The number of Topliss-reactive ketones (excluding diaryl/α,β-unsaturated/α-hetero) is 1. The molecule has 0 aliphatic carbocycles. The van der Waals surface area contributed by atoms with Crippen molar-refractivity contribution in [1.29, 1.82) is 0 Å². The van der Waals surface area contributed by atoms with Crippen molar-refractivity contribution in [3.8, 4) is 0 Å². The Morgan fingerprint density at radius 1 is 0.853 bits per heavy atom. The largest absolute Gasteiger partial charge is 0.325 e. The molecule has 1 aliphatic heterocycles. The van der Waals surface area contributed by atoms with Gasteiger partial charge in [0.05, 0.1) is 6.54 Å². The average molecular weight is 456 g/mol. The predicted octanol–water partition coefficient (Wildman–Crippen LogP) is 4.06. The summed E-state index contributed by atoms with van der Waals surface area (Å²) in [7, 11) is 0. The van der Waals surface area contributed by atoms with Crippen LogP contribution in [0, 0.1) is 0 Å². The zero-order chi connectivity index (χ0) is 24.1. The highest BCUT2D eigenvalue weighted by atomic mass is 16.2. The van der Waals surface area contributed by atoms with Crippen LogP contribution in [0.1, 0.15) is 39.6 Å². The molecule has 34 heavy (non-hydrogen) atoms. The fourth-order valence-corrected chi connectivity index (χ4v) is 3.87. The number of aryl methyl sites for hydroxylation is 1. The maximum absolute atomic E-state index is 13.0. The number of anilines is 1. The highest BCUT2D eigenvalue weighted by Crippen LogP contribution is 2.24. The van der Waals surface area contributed by atoms with E-state index >= 15 is 0 Å². The molecule has 0 bridgehead atoms. The van der Waals surface area contributed by atoms with Crippen LogP contribution >= 0.6 is 0 Å². The highest BCUT2D eigenvalue weighted by molar-refractivity contribution is 6.11. The Kier molecular flexibility index (Phi) is 6.54. The van der Waals surface area contributed by atoms with Crippen LogP contribution < -0.4 is 10.6 Å². The van der Waals surface area contributed by atoms with Crippen LogP contribution in [-0.2, 0) is 11.2 Å². The standard InChI is InChI=1S/C27H25N3O4/c1-27(17-16-19-8-4-2-5-9-19)25(33)30(26(34)29-27)18-23(31)20-12-14-22(15-13-20)28-24(32)21-10-6-3-7-11-21/h2-15H,16-18H2,1H3,(H,28,32)(H,29,34)/t27-/m1/s1. The first-order valence-corrected chi connectivity index (χ1v) is 11.0. The number of nitrogens with zero attached hydrogens (tertiary/aromatic N) is 1. The first kappa shape index (κ1) is 22.9. The number of urea groups is 1. The second-order valence-electron chi connectivity index (χ2n) is 8.46. The molecule has 1 aliphatic rings. The highest BCUT2D eigenvalue weighted by Gasteiger charge is 2.47. The van der Waals surface area contributed by atoms with Crippen molar-refractivity contribution in [3.63, 3.8) is 0 Å². The van der Waals surface area contributed by atoms with E-state index in [1.807, 2.05) is 36.4 Å². The lowest BCUT2D eigenvalue weighted by Gasteiger charge is -2.21. The number of hydrogen-bond donors (Lipinski definition) is 2. The number of hydrogen-bond acceptors (Lipinski definition) is 4. The molecular weight excluding hydrogens is 430 g/mol. The summed E-state index contributed by atoms with van der Waals surface area (Å²) in [6.45, 7) is 1.34. The number of nitrogens with one attached hydrogen (secondary N) is 2. The molecule has 2 N–H and O–H groups in total. The summed E-state index contributed by atoms with van der Waals surface area (Å²) >= 11 is 0. The number of imide groups is 1. The van der Waals surface area contributed by atoms with Gasteiger partial charge in [-0.3, -0.25) is 19.3 Å². The minimum atomic E-state index is -1.06. The molecule has 1 heterocycles. The summed E-state index contributed by atoms with van der Waals surface area (Å²) in [5, 5.41) is 5.51. The van der Waals surface area contributed by atoms with Gasteiger partial charge in [0, 0.05) is 16.8 Å². The van der Waals surface area contributed by atoms with E-state index in [0.29, 0.717) is 29.7 Å². The molecule has 0 aromatic heterocycles. The van der Waals surface area contributed by atoms with Crippen LogP contribution in [0.15, 0.2) is 84.9 Å². The van der Waals surface area contributed by atoms with Gasteiger partial charge in [0.2, 0.25) is 0 Å². The van der Waals surface area contributed by atoms with Gasteiger partial charge in [0.1, 0.15) is 5.54 Å². The summed E-state index contributed by atoms with van der Waals surface area (Å²) in [4.78, 5) is 51.5. The third-order valence-corrected chi connectivity index (χ3v) is 5.90. The van der Waals surface area contributed by atoms with Gasteiger partial charge in [-0.1, -0.05) is 48.5 Å². The molecule has 0 unspecified atom stereocenters. The smallest absolute Gasteiger partial charge is 0.323 e. The first-order chi connectivity index (χ1) is 16.4. The average Bonchev–Trinajstić information content (AvgIpc) is 3.07. The minimum absolute atomic E-state index is 0.256. The second-order valence-corrected chi connectivity index (χ2v) is 8.46. The van der Waals surface area contributed by atoms with Gasteiger partial charge in [-0.25, -0.2) is 4.79 Å². The topological polar surface area (TPSA) is 95.6 Å². The van der Waals surface area contributed by atoms with E-state index in [9.17, 15) is 19.2 Å². The maximum Gasteiger partial charge on any atom is 0.325 e. The summed E-state index contributed by atoms with van der Waals surface area (Å²) in [5.41, 5.74) is 1.42. The van der Waals surface area contributed by atoms with Crippen LogP contribution in [0.4, 0.5) is 10.5 Å². The lowest BCUT2D eigenvalue weighted by molar-refractivity contribution is -0.130. The Hall–Kier alpha value is -4.26. The molecule has 3 aromatic rings. The number of carbonyl (C=O) groups is 4. The van der Waals surface area contributed by atoms with Crippen molar-refractivity contribution in [2.24, 2.45) is 0 Å². The van der Waals surface area contributed by atoms with Crippen LogP contribution in [0.25, 0.3) is 0 Å². The monoisotopic (exact) mass is 455 g/mol. The first-order valence-electron chi connectivity index (χ1n) is 11.0. The number of ketones is 1. The Morgan fingerprint density at radius 3 is 2.12 bits per heavy atom. The molecular formula is C27H25N3O4. The molecule has 7 heteroatoms. The fourth-order valence-electron chi connectivity index (χ4n) is 3.87. The van der Waals surface area contributed by atoms with Gasteiger partial charge in [0.25, 0.3) is 11.8 Å². The van der Waals surface area contributed by atoms with Crippen molar-refractivity contribution in [2.45, 2.75) is 25.3 Å². The molecule has 0 saturated carbocycles. The SMILES string of the molecule is C[C@]1(CCc2ccccc2)NC(=O)N(CC(=O)c2ccc(NC(=O)c3ccccc3)cc2)C1=O. The Balaban J connectivity index is 1.36. The molecule has 4 rings (SSSR count). The van der Waals surface area contributed by atoms with Gasteiger partial charge in [-0.15, -0.1) is 0 Å². The van der Waals surface area contributed by atoms with E-state index in [-0.39, 0.29) is 18.2 Å². The van der Waals surface area contributed by atoms with Crippen molar-refractivity contribution >= 4 is 29.3 Å². The zero-order valence-electron chi connectivity index (χ0n) is 18.8. The normalized spacial score (nSPS) is 17.4. The molecule has 1 fully saturated rings. The van der Waals surface area contributed by atoms with E-state index in [2.05, 4.69) is 10.6 Å². The molecule has 1 atom stereocenters. The summed E-state index contributed by atoms with van der Waals surface area (Å²) in [5.74, 6) is -1.03. The predicted molar refractivity (Wildman–Crippen MR) is 129 cm³/mol. The van der Waals surface area contributed by atoms with E-state index in [1.165, 1.54) is 0 Å². The fraction of sp³-hybridized carbons (Fsp3) is 0.185. The van der Waals surface area contributed by atoms with Crippen LogP contribution in [-0.4, -0.2) is 40.6 Å². The molecule has 0 spiro atoms. The molecule has 7 nitrogen and oxygen atoms in total. The number of rotatable bonds is 8. The van der Waals surface area contributed by atoms with E-state index in [0.717, 1.165) is 10.5 Å². The minimum Gasteiger partial charge on any atom is -0.323 e. The van der Waals surface area contributed by atoms with Gasteiger partial charge in [0.15, 0.2) is 5.78 Å². The third kappa shape index (κ3) is 5.04. The van der Waals surface area contributed by atoms with Crippen LogP contribution in [0.5, 0.6) is 0 Å². The van der Waals surface area contributed by atoms with Crippen molar-refractivity contribution < 1.29 is 19.2 Å². The molecule has 1 saturated heterocycles. The summed E-state index contributed by atoms with van der Waals surface area (Å²) in [6.07, 6.45) is 1.06. The van der Waals surface area contributed by atoms with Crippen molar-refractivity contribution in [3.05, 3.63) is 102 Å². The zero-order valence-corrected chi connectivity index (χ0v) is 18.8. The van der Waals surface area contributed by atoms with E-state index < -0.39 is 17.5 Å². The van der Waals surface area contributed by atoms with Gasteiger partial charge in [-0.05, 0) is 61.7 Å². The van der Waals surface area contributed by atoms with Crippen molar-refractivity contribution in [2.75, 3.05) is 11.9 Å². The lowest BCUT2D eigenvalue weighted by atomic mass is 9.93. The van der Waals surface area contributed by atoms with Gasteiger partial charge >= 0.3 is 6.03 Å². The quantitative estimate of drug-likeness (QED) is 0.395. The molecule has 172 valence electrons. The van der Waals surface area contributed by atoms with E-state index in [4.69, 9.17) is 0 Å². The van der Waals surface area contributed by atoms with E-state index in [1.54, 1.807) is 55.5 Å². The maximum atomic E-state index is 13.0. The molecule has 0 radical (unpaired) electrons. The van der Waals surface area contributed by atoms with Gasteiger partial charge < -0.3 is 10.6 Å². The number of carbonyl (C=O) groups excluding carboxylic acids is 4. The van der Waals surface area contributed by atoms with Crippen molar-refractivity contribution in [1.82, 2.24) is 10.2 Å². The molecule has 3 aromatic carbocycles. The second kappa shape index (κ2) is 9.70. The third-order valence-electron chi connectivity index (χ3n) is 5.90. The summed E-state index contributed by atoms with van der Waals surface area (Å²) < 4.78 is 0. The lowest BCUT2D eigenvalue weighted by Crippen LogP contribution is -2.44. The van der Waals surface area contributed by atoms with Gasteiger partial charge in [-0.2, -0.15) is 0 Å². The summed E-state index contributed by atoms with van der Waals surface area (Å²) in [6, 6.07) is 24.3. The number of amides is 4. The van der Waals surface area contributed by atoms with Crippen LogP contribution in [0.3, 0.4) is 0 Å². The Morgan fingerprint density at radius 2 is 1.47 bits per heavy atom.